The molecule has 108 valence electrons. The zero-order valence-electron chi connectivity index (χ0n) is 12.5. The number of nitrogens with one attached hydrogen (secondary N) is 1. The minimum Gasteiger partial charge on any atom is -0.356 e. The van der Waals surface area contributed by atoms with Crippen molar-refractivity contribution in [3.05, 3.63) is 11.6 Å². The van der Waals surface area contributed by atoms with Gasteiger partial charge in [0.15, 0.2) is 0 Å². The van der Waals surface area contributed by atoms with Crippen molar-refractivity contribution >= 4 is 5.91 Å². The van der Waals surface area contributed by atoms with Crippen LogP contribution < -0.4 is 5.32 Å². The highest BCUT2D eigenvalue weighted by Gasteiger charge is 2.26. The number of carbonyl (C=O) groups is 1. The van der Waals surface area contributed by atoms with Crippen molar-refractivity contribution in [1.82, 2.24) is 10.2 Å². The number of hydrogen-bond donors (Lipinski definition) is 1. The molecule has 1 aliphatic heterocycles. The van der Waals surface area contributed by atoms with E-state index in [9.17, 15) is 4.79 Å². The topological polar surface area (TPSA) is 32.3 Å². The molecular formula is C16H28N2O. The number of piperidine rings is 1. The predicted octanol–water partition coefficient (Wildman–Crippen LogP) is 2.58. The third-order valence-electron chi connectivity index (χ3n) is 4.40. The van der Waals surface area contributed by atoms with Gasteiger partial charge in [-0.15, -0.1) is 0 Å². The standard InChI is InChI=1S/C16H28N2O/c1-13(2)8-10-18-9-4-5-14(12-18)11-17-16(19)15-6-3-7-15/h8,14-15H,3-7,9-12H2,1-2H3,(H,17,19). The number of hydrogen-bond acceptors (Lipinski definition) is 2. The first-order valence-corrected chi connectivity index (χ1v) is 7.78. The van der Waals surface area contributed by atoms with E-state index < -0.39 is 0 Å². The molecule has 1 atom stereocenters. The van der Waals surface area contributed by atoms with Crippen LogP contribution in [0.2, 0.25) is 0 Å². The lowest BCUT2D eigenvalue weighted by molar-refractivity contribution is -0.127. The Hall–Kier alpha value is -0.830. The Morgan fingerprint density at radius 3 is 2.68 bits per heavy atom. The normalized spacial score (nSPS) is 24.6. The molecule has 2 fully saturated rings. The van der Waals surface area contributed by atoms with E-state index >= 15 is 0 Å². The lowest BCUT2D eigenvalue weighted by Crippen LogP contribution is -2.43. The van der Waals surface area contributed by atoms with Crippen LogP contribution in [0.5, 0.6) is 0 Å². The van der Waals surface area contributed by atoms with Gasteiger partial charge < -0.3 is 5.32 Å². The van der Waals surface area contributed by atoms with Crippen molar-refractivity contribution in [2.45, 2.75) is 46.0 Å². The summed E-state index contributed by atoms with van der Waals surface area (Å²) in [7, 11) is 0. The average molecular weight is 264 g/mol. The van der Waals surface area contributed by atoms with E-state index in [4.69, 9.17) is 0 Å². The van der Waals surface area contributed by atoms with E-state index in [1.54, 1.807) is 0 Å². The molecule has 1 saturated heterocycles. The molecule has 0 spiro atoms. The van der Waals surface area contributed by atoms with Crippen LogP contribution in [0.25, 0.3) is 0 Å². The monoisotopic (exact) mass is 264 g/mol. The van der Waals surface area contributed by atoms with Crippen LogP contribution in [0.4, 0.5) is 0 Å². The molecule has 3 nitrogen and oxygen atoms in total. The van der Waals surface area contributed by atoms with Gasteiger partial charge in [-0.1, -0.05) is 18.1 Å². The number of rotatable bonds is 5. The first-order valence-electron chi connectivity index (χ1n) is 7.78. The molecule has 1 aliphatic carbocycles. The van der Waals surface area contributed by atoms with Gasteiger partial charge >= 0.3 is 0 Å². The summed E-state index contributed by atoms with van der Waals surface area (Å²) in [5.41, 5.74) is 1.39. The Morgan fingerprint density at radius 1 is 1.26 bits per heavy atom. The van der Waals surface area contributed by atoms with Crippen molar-refractivity contribution in [1.29, 1.82) is 0 Å². The summed E-state index contributed by atoms with van der Waals surface area (Å²) in [4.78, 5) is 14.3. The Morgan fingerprint density at radius 2 is 2.05 bits per heavy atom. The summed E-state index contributed by atoms with van der Waals surface area (Å²) in [6, 6.07) is 0. The van der Waals surface area contributed by atoms with E-state index in [0.717, 1.165) is 32.5 Å². The van der Waals surface area contributed by atoms with Gasteiger partial charge in [-0.25, -0.2) is 0 Å². The Kier molecular flexibility index (Phi) is 5.44. The third kappa shape index (κ3) is 4.64. The molecule has 1 heterocycles. The lowest BCUT2D eigenvalue weighted by Gasteiger charge is -2.33. The van der Waals surface area contributed by atoms with Crippen LogP contribution in [0.15, 0.2) is 11.6 Å². The summed E-state index contributed by atoms with van der Waals surface area (Å²) in [5, 5.41) is 3.16. The van der Waals surface area contributed by atoms with Gasteiger partial charge in [0.05, 0.1) is 0 Å². The summed E-state index contributed by atoms with van der Waals surface area (Å²) in [6.45, 7) is 8.59. The van der Waals surface area contributed by atoms with Crippen LogP contribution >= 0.6 is 0 Å². The third-order valence-corrected chi connectivity index (χ3v) is 4.40. The Bertz CT molecular complexity index is 330. The molecule has 0 aromatic heterocycles. The van der Waals surface area contributed by atoms with Crippen LogP contribution in [-0.2, 0) is 4.79 Å². The summed E-state index contributed by atoms with van der Waals surface area (Å²) < 4.78 is 0. The fourth-order valence-corrected chi connectivity index (χ4v) is 2.86. The Balaban J connectivity index is 1.68. The molecule has 2 rings (SSSR count). The number of carbonyl (C=O) groups excluding carboxylic acids is 1. The number of amides is 1. The fraction of sp³-hybridized carbons (Fsp3) is 0.812. The van der Waals surface area contributed by atoms with Gasteiger partial charge in [0.2, 0.25) is 5.91 Å². The minimum atomic E-state index is 0.299. The van der Waals surface area contributed by atoms with E-state index in [-0.39, 0.29) is 0 Å². The van der Waals surface area contributed by atoms with Crippen LogP contribution in [-0.4, -0.2) is 37.0 Å². The summed E-state index contributed by atoms with van der Waals surface area (Å²) >= 11 is 0. The molecule has 3 heteroatoms. The highest BCUT2D eigenvalue weighted by atomic mass is 16.1. The van der Waals surface area contributed by atoms with Gasteiger partial charge in [-0.3, -0.25) is 9.69 Å². The Labute approximate surface area is 117 Å². The van der Waals surface area contributed by atoms with Crippen LogP contribution in [0.1, 0.15) is 46.0 Å². The number of likely N-dealkylation sites (tertiary alicyclic amines) is 1. The van der Waals surface area contributed by atoms with Crippen LogP contribution in [0, 0.1) is 11.8 Å². The molecule has 1 saturated carbocycles. The maximum absolute atomic E-state index is 11.8. The van der Waals surface area contributed by atoms with Crippen molar-refractivity contribution in [3.8, 4) is 0 Å². The second-order valence-corrected chi connectivity index (χ2v) is 6.42. The molecule has 1 amide bonds. The van der Waals surface area contributed by atoms with E-state index in [0.29, 0.717) is 17.7 Å². The summed E-state index contributed by atoms with van der Waals surface area (Å²) in [6.07, 6.45) is 8.26. The van der Waals surface area contributed by atoms with Gasteiger partial charge in [-0.05, 0) is 52.0 Å². The van der Waals surface area contributed by atoms with Crippen molar-refractivity contribution < 1.29 is 4.79 Å². The molecule has 2 aliphatic rings. The maximum atomic E-state index is 11.8. The quantitative estimate of drug-likeness (QED) is 0.774. The predicted molar refractivity (Wildman–Crippen MR) is 78.9 cm³/mol. The highest BCUT2D eigenvalue weighted by molar-refractivity contribution is 5.79. The van der Waals surface area contributed by atoms with Crippen molar-refractivity contribution in [2.75, 3.05) is 26.2 Å². The van der Waals surface area contributed by atoms with Crippen LogP contribution in [0.3, 0.4) is 0 Å². The average Bonchev–Trinajstić information content (AvgIpc) is 2.32. The minimum absolute atomic E-state index is 0.299. The molecule has 1 N–H and O–H groups in total. The van der Waals surface area contributed by atoms with Gasteiger partial charge in [0.25, 0.3) is 0 Å². The molecule has 0 aromatic rings. The molecular weight excluding hydrogens is 236 g/mol. The molecule has 0 radical (unpaired) electrons. The van der Waals surface area contributed by atoms with Crippen molar-refractivity contribution in [2.24, 2.45) is 11.8 Å². The molecule has 19 heavy (non-hydrogen) atoms. The van der Waals surface area contributed by atoms with E-state index in [2.05, 4.69) is 30.1 Å². The first kappa shape index (κ1) is 14.6. The zero-order chi connectivity index (χ0) is 13.7. The number of nitrogens with zero attached hydrogens (tertiary/aromatic N) is 1. The first-order chi connectivity index (χ1) is 9.15. The molecule has 1 unspecified atom stereocenters. The smallest absolute Gasteiger partial charge is 0.223 e. The molecule has 0 aromatic carbocycles. The zero-order valence-corrected chi connectivity index (χ0v) is 12.5. The fourth-order valence-electron chi connectivity index (χ4n) is 2.86. The SMILES string of the molecule is CC(C)=CCN1CCCC(CNC(=O)C2CCC2)C1. The lowest BCUT2D eigenvalue weighted by atomic mass is 9.84. The molecule has 0 bridgehead atoms. The van der Waals surface area contributed by atoms with Gasteiger partial charge in [0.1, 0.15) is 0 Å². The largest absolute Gasteiger partial charge is 0.356 e. The highest BCUT2D eigenvalue weighted by Crippen LogP contribution is 2.26. The van der Waals surface area contributed by atoms with Gasteiger partial charge in [0, 0.05) is 25.6 Å². The summed E-state index contributed by atoms with van der Waals surface area (Å²) in [5.74, 6) is 1.27. The maximum Gasteiger partial charge on any atom is 0.223 e. The number of allylic oxidation sites excluding steroid dienone is 1. The second kappa shape index (κ2) is 7.09. The van der Waals surface area contributed by atoms with E-state index in [1.165, 1.54) is 31.4 Å². The second-order valence-electron chi connectivity index (χ2n) is 6.42. The van der Waals surface area contributed by atoms with Gasteiger partial charge in [-0.2, -0.15) is 0 Å². The van der Waals surface area contributed by atoms with Crippen molar-refractivity contribution in [3.63, 3.8) is 0 Å². The van der Waals surface area contributed by atoms with E-state index in [1.807, 2.05) is 0 Å².